The first kappa shape index (κ1) is 15.5. The maximum atomic E-state index is 4.53. The summed E-state index contributed by atoms with van der Waals surface area (Å²) in [5.41, 5.74) is 1.07. The van der Waals surface area contributed by atoms with Crippen LogP contribution in [-0.2, 0) is 19.5 Å². The van der Waals surface area contributed by atoms with E-state index in [-0.39, 0.29) is 0 Å². The summed E-state index contributed by atoms with van der Waals surface area (Å²) in [7, 11) is 1.78. The molecule has 0 spiro atoms. The van der Waals surface area contributed by atoms with Crippen LogP contribution in [0.15, 0.2) is 28.8 Å². The molecule has 0 bridgehead atoms. The van der Waals surface area contributed by atoms with E-state index < -0.39 is 0 Å². The number of nitrogens with one attached hydrogen (secondary N) is 2. The fraction of sp³-hybridized carbons (Fsp3) is 0.500. The summed E-state index contributed by atoms with van der Waals surface area (Å²) in [4.78, 5) is 8.74. The number of aryl methyl sites for hydroxylation is 2. The predicted octanol–water partition coefficient (Wildman–Crippen LogP) is 1.66. The van der Waals surface area contributed by atoms with E-state index in [2.05, 4.69) is 38.0 Å². The molecule has 114 valence electrons. The number of aliphatic imine (C=N–C) groups is 1. The Balaban J connectivity index is 1.66. The Hall–Kier alpha value is -1.89. The van der Waals surface area contributed by atoms with Crippen molar-refractivity contribution in [3.63, 3.8) is 0 Å². The summed E-state index contributed by atoms with van der Waals surface area (Å²) >= 11 is 1.71. The van der Waals surface area contributed by atoms with Gasteiger partial charge in [0.15, 0.2) is 5.96 Å². The molecule has 0 amide bonds. The zero-order valence-electron chi connectivity index (χ0n) is 12.5. The minimum Gasteiger partial charge on any atom is -0.356 e. The van der Waals surface area contributed by atoms with Gasteiger partial charge in [0.2, 0.25) is 0 Å². The van der Waals surface area contributed by atoms with E-state index in [1.165, 1.54) is 5.01 Å². The Kier molecular flexibility index (Phi) is 6.21. The van der Waals surface area contributed by atoms with Gasteiger partial charge in [0.25, 0.3) is 0 Å². The van der Waals surface area contributed by atoms with E-state index in [4.69, 9.17) is 0 Å². The van der Waals surface area contributed by atoms with E-state index in [0.29, 0.717) is 6.54 Å². The first-order valence-electron chi connectivity index (χ1n) is 7.17. The molecule has 21 heavy (non-hydrogen) atoms. The topological polar surface area (TPSA) is 67.1 Å². The highest BCUT2D eigenvalue weighted by Gasteiger charge is 2.02. The average molecular weight is 306 g/mol. The minimum atomic E-state index is 0.704. The third-order valence-electron chi connectivity index (χ3n) is 2.98. The van der Waals surface area contributed by atoms with Gasteiger partial charge in [-0.1, -0.05) is 6.92 Å². The third-order valence-corrected chi connectivity index (χ3v) is 4.02. The number of thiazole rings is 1. The van der Waals surface area contributed by atoms with Crippen LogP contribution in [0, 0.1) is 0 Å². The number of nitrogens with zero attached hydrogens (tertiary/aromatic N) is 4. The molecule has 0 fully saturated rings. The van der Waals surface area contributed by atoms with E-state index >= 15 is 0 Å². The summed E-state index contributed by atoms with van der Waals surface area (Å²) < 4.78 is 1.93. The van der Waals surface area contributed by atoms with Gasteiger partial charge in [-0.25, -0.2) is 4.98 Å². The van der Waals surface area contributed by atoms with Crippen LogP contribution in [-0.4, -0.2) is 34.3 Å². The summed E-state index contributed by atoms with van der Waals surface area (Å²) in [6.45, 7) is 4.59. The second-order valence-electron chi connectivity index (χ2n) is 4.56. The quantitative estimate of drug-likeness (QED) is 0.464. The molecule has 2 rings (SSSR count). The fourth-order valence-corrected chi connectivity index (χ4v) is 2.61. The molecule has 0 aliphatic rings. The zero-order chi connectivity index (χ0) is 14.9. The second-order valence-corrected chi connectivity index (χ2v) is 5.50. The number of rotatable bonds is 7. The first-order chi connectivity index (χ1) is 10.3. The summed E-state index contributed by atoms with van der Waals surface area (Å²) in [5, 5.41) is 14.0. The molecule has 0 saturated carbocycles. The molecule has 0 atom stereocenters. The summed E-state index contributed by atoms with van der Waals surface area (Å²) in [5.74, 6) is 0.807. The lowest BCUT2D eigenvalue weighted by atomic mass is 10.4. The number of aromatic nitrogens is 3. The molecule has 0 saturated heterocycles. The van der Waals surface area contributed by atoms with Crippen LogP contribution in [0.25, 0.3) is 0 Å². The standard InChI is InChI=1S/C14H22N6S/c1-3-13-19-12(11-21-13)10-17-14(15-2)16-6-4-8-20-9-5-7-18-20/h5,7,9,11H,3-4,6,8,10H2,1-2H3,(H2,15,16,17). The van der Waals surface area contributed by atoms with Crippen molar-refractivity contribution >= 4 is 17.3 Å². The highest BCUT2D eigenvalue weighted by Crippen LogP contribution is 2.09. The van der Waals surface area contributed by atoms with Crippen molar-refractivity contribution in [2.75, 3.05) is 13.6 Å². The summed E-state index contributed by atoms with van der Waals surface area (Å²) in [6.07, 6.45) is 5.76. The molecular weight excluding hydrogens is 284 g/mol. The van der Waals surface area contributed by atoms with Gasteiger partial charge in [-0.15, -0.1) is 11.3 Å². The number of guanidine groups is 1. The van der Waals surface area contributed by atoms with Gasteiger partial charge < -0.3 is 10.6 Å². The van der Waals surface area contributed by atoms with Crippen LogP contribution in [0.2, 0.25) is 0 Å². The fourth-order valence-electron chi connectivity index (χ4n) is 1.87. The van der Waals surface area contributed by atoms with Crippen LogP contribution in [0.1, 0.15) is 24.0 Å². The Bertz CT molecular complexity index is 546. The van der Waals surface area contributed by atoms with Crippen molar-refractivity contribution in [3.05, 3.63) is 34.5 Å². The monoisotopic (exact) mass is 306 g/mol. The van der Waals surface area contributed by atoms with E-state index in [0.717, 1.165) is 37.6 Å². The number of hydrogen-bond donors (Lipinski definition) is 2. The highest BCUT2D eigenvalue weighted by molar-refractivity contribution is 7.09. The summed E-state index contributed by atoms with van der Waals surface area (Å²) in [6, 6.07) is 1.94. The molecule has 2 heterocycles. The van der Waals surface area contributed by atoms with Crippen molar-refractivity contribution in [3.8, 4) is 0 Å². The SMILES string of the molecule is CCc1nc(CNC(=NC)NCCCn2cccn2)cs1. The largest absolute Gasteiger partial charge is 0.356 e. The van der Waals surface area contributed by atoms with Crippen LogP contribution in [0.5, 0.6) is 0 Å². The molecule has 0 unspecified atom stereocenters. The van der Waals surface area contributed by atoms with E-state index in [1.807, 2.05) is 16.9 Å². The zero-order valence-corrected chi connectivity index (χ0v) is 13.4. The van der Waals surface area contributed by atoms with Crippen LogP contribution < -0.4 is 10.6 Å². The molecule has 0 aliphatic carbocycles. The van der Waals surface area contributed by atoms with Crippen molar-refractivity contribution in [2.45, 2.75) is 32.9 Å². The van der Waals surface area contributed by atoms with Gasteiger partial charge in [0.05, 0.1) is 17.2 Å². The molecular formula is C14H22N6S. The molecule has 2 N–H and O–H groups in total. The molecule has 2 aromatic heterocycles. The lowest BCUT2D eigenvalue weighted by molar-refractivity contribution is 0.570. The van der Waals surface area contributed by atoms with E-state index in [1.54, 1.807) is 24.6 Å². The third kappa shape index (κ3) is 5.18. The van der Waals surface area contributed by atoms with Gasteiger partial charge in [-0.2, -0.15) is 5.10 Å². The Morgan fingerprint density at radius 3 is 3.00 bits per heavy atom. The molecule has 0 aromatic carbocycles. The van der Waals surface area contributed by atoms with Gasteiger partial charge in [-0.3, -0.25) is 9.67 Å². The maximum absolute atomic E-state index is 4.53. The molecule has 0 aliphatic heterocycles. The van der Waals surface area contributed by atoms with Crippen molar-refractivity contribution in [1.82, 2.24) is 25.4 Å². The Morgan fingerprint density at radius 2 is 2.33 bits per heavy atom. The lowest BCUT2D eigenvalue weighted by Crippen LogP contribution is -2.37. The van der Waals surface area contributed by atoms with Gasteiger partial charge in [0, 0.05) is 37.9 Å². The second kappa shape index (κ2) is 8.41. The molecule has 7 heteroatoms. The first-order valence-corrected chi connectivity index (χ1v) is 8.05. The van der Waals surface area contributed by atoms with Crippen molar-refractivity contribution in [1.29, 1.82) is 0 Å². The van der Waals surface area contributed by atoms with Gasteiger partial charge >= 0.3 is 0 Å². The Labute approximate surface area is 129 Å². The molecule has 6 nitrogen and oxygen atoms in total. The maximum Gasteiger partial charge on any atom is 0.191 e. The van der Waals surface area contributed by atoms with E-state index in [9.17, 15) is 0 Å². The van der Waals surface area contributed by atoms with Crippen molar-refractivity contribution in [2.24, 2.45) is 4.99 Å². The molecule has 0 radical (unpaired) electrons. The van der Waals surface area contributed by atoms with Crippen molar-refractivity contribution < 1.29 is 0 Å². The van der Waals surface area contributed by atoms with Crippen LogP contribution in [0.3, 0.4) is 0 Å². The van der Waals surface area contributed by atoms with Crippen LogP contribution in [0.4, 0.5) is 0 Å². The smallest absolute Gasteiger partial charge is 0.191 e. The van der Waals surface area contributed by atoms with Gasteiger partial charge in [0.1, 0.15) is 0 Å². The van der Waals surface area contributed by atoms with Gasteiger partial charge in [-0.05, 0) is 18.9 Å². The minimum absolute atomic E-state index is 0.704. The number of hydrogen-bond acceptors (Lipinski definition) is 4. The lowest BCUT2D eigenvalue weighted by Gasteiger charge is -2.10. The highest BCUT2D eigenvalue weighted by atomic mass is 32.1. The predicted molar refractivity (Wildman–Crippen MR) is 86.5 cm³/mol. The molecule has 2 aromatic rings. The normalized spacial score (nSPS) is 11.6. The average Bonchev–Trinajstić information content (AvgIpc) is 3.17. The Morgan fingerprint density at radius 1 is 1.43 bits per heavy atom. The van der Waals surface area contributed by atoms with Crippen LogP contribution >= 0.6 is 11.3 Å².